The molecule has 0 aliphatic heterocycles. The van der Waals surface area contributed by atoms with Crippen molar-refractivity contribution in [3.63, 3.8) is 0 Å². The quantitative estimate of drug-likeness (QED) is 0.775. The van der Waals surface area contributed by atoms with Crippen molar-refractivity contribution in [3.05, 3.63) is 50.7 Å². The number of aromatic carboxylic acids is 1. The van der Waals surface area contributed by atoms with Crippen molar-refractivity contribution < 1.29 is 23.1 Å². The predicted octanol–water partition coefficient (Wildman–Crippen LogP) is 4.72. The van der Waals surface area contributed by atoms with E-state index in [0.29, 0.717) is 8.95 Å². The van der Waals surface area contributed by atoms with E-state index in [0.717, 1.165) is 12.1 Å². The first-order valence-electron chi connectivity index (χ1n) is 5.18. The van der Waals surface area contributed by atoms with Gasteiger partial charge in [0.2, 0.25) is 0 Å². The van der Waals surface area contributed by atoms with Crippen molar-refractivity contribution in [2.45, 2.75) is 6.18 Å². The first-order chi connectivity index (χ1) is 9.20. The molecule has 106 valence electrons. The molecule has 0 saturated heterocycles. The second-order valence-electron chi connectivity index (χ2n) is 3.88. The summed E-state index contributed by atoms with van der Waals surface area (Å²) in [6, 6.07) is 4.36. The normalized spacial score (nSPS) is 11.7. The van der Waals surface area contributed by atoms with Gasteiger partial charge in [0.1, 0.15) is 5.69 Å². The van der Waals surface area contributed by atoms with E-state index in [1.54, 1.807) is 0 Å². The molecule has 20 heavy (non-hydrogen) atoms. The Morgan fingerprint density at radius 1 is 1.20 bits per heavy atom. The Morgan fingerprint density at radius 3 is 2.40 bits per heavy atom. The van der Waals surface area contributed by atoms with E-state index in [1.165, 1.54) is 22.9 Å². The standard InChI is InChI=1S/C12H6Br2F3NO2/c13-7-4-10(11(19)20)18(5-7)9-3-6(12(15,16)17)1-2-8(9)14/h1-5H,(H,19,20). The van der Waals surface area contributed by atoms with Gasteiger partial charge in [-0.05, 0) is 56.1 Å². The summed E-state index contributed by atoms with van der Waals surface area (Å²) in [7, 11) is 0. The van der Waals surface area contributed by atoms with Crippen molar-refractivity contribution in [3.8, 4) is 5.69 Å². The number of carbonyl (C=O) groups is 1. The number of nitrogens with zero attached hydrogens (tertiary/aromatic N) is 1. The van der Waals surface area contributed by atoms with Crippen LogP contribution in [0.4, 0.5) is 13.2 Å². The molecule has 0 saturated carbocycles. The molecule has 1 N–H and O–H groups in total. The molecule has 0 unspecified atom stereocenters. The zero-order valence-corrected chi connectivity index (χ0v) is 12.8. The summed E-state index contributed by atoms with van der Waals surface area (Å²) in [4.78, 5) is 11.1. The molecule has 0 radical (unpaired) electrons. The molecule has 0 amide bonds. The Balaban J connectivity index is 2.66. The highest BCUT2D eigenvalue weighted by Crippen LogP contribution is 2.34. The lowest BCUT2D eigenvalue weighted by Crippen LogP contribution is -2.09. The predicted molar refractivity (Wildman–Crippen MR) is 73.1 cm³/mol. The molecule has 1 heterocycles. The Kier molecular flexibility index (Phi) is 3.97. The van der Waals surface area contributed by atoms with Crippen LogP contribution in [0.1, 0.15) is 16.1 Å². The molecular weight excluding hydrogens is 407 g/mol. The van der Waals surface area contributed by atoms with Crippen LogP contribution < -0.4 is 0 Å². The van der Waals surface area contributed by atoms with Gasteiger partial charge in [0.25, 0.3) is 0 Å². The highest BCUT2D eigenvalue weighted by atomic mass is 79.9. The summed E-state index contributed by atoms with van der Waals surface area (Å²) in [5.41, 5.74) is -0.892. The van der Waals surface area contributed by atoms with Gasteiger partial charge in [-0.1, -0.05) is 0 Å². The third-order valence-electron chi connectivity index (χ3n) is 2.54. The van der Waals surface area contributed by atoms with Gasteiger partial charge in [0, 0.05) is 15.1 Å². The minimum absolute atomic E-state index is 0.0999. The van der Waals surface area contributed by atoms with Crippen LogP contribution in [0.3, 0.4) is 0 Å². The van der Waals surface area contributed by atoms with Crippen molar-refractivity contribution >= 4 is 37.8 Å². The van der Waals surface area contributed by atoms with Gasteiger partial charge >= 0.3 is 12.1 Å². The molecule has 2 rings (SSSR count). The highest BCUT2D eigenvalue weighted by Gasteiger charge is 2.31. The molecule has 0 bridgehead atoms. The van der Waals surface area contributed by atoms with Gasteiger partial charge < -0.3 is 9.67 Å². The van der Waals surface area contributed by atoms with Gasteiger partial charge in [0.05, 0.1) is 11.3 Å². The van der Waals surface area contributed by atoms with Crippen LogP contribution in [0, 0.1) is 0 Å². The molecule has 3 nitrogen and oxygen atoms in total. The number of benzene rings is 1. The number of rotatable bonds is 2. The maximum absolute atomic E-state index is 12.7. The topological polar surface area (TPSA) is 42.2 Å². The molecule has 8 heteroatoms. The van der Waals surface area contributed by atoms with Gasteiger partial charge in [-0.15, -0.1) is 0 Å². The van der Waals surface area contributed by atoms with Crippen LogP contribution in [0.25, 0.3) is 5.69 Å². The molecule has 0 aliphatic carbocycles. The zero-order chi connectivity index (χ0) is 15.1. The van der Waals surface area contributed by atoms with Crippen LogP contribution in [-0.4, -0.2) is 15.6 Å². The van der Waals surface area contributed by atoms with Gasteiger partial charge in [-0.2, -0.15) is 13.2 Å². The summed E-state index contributed by atoms with van der Waals surface area (Å²) in [6.45, 7) is 0. The number of carboxylic acid groups (broad SMARTS) is 1. The van der Waals surface area contributed by atoms with Crippen LogP contribution >= 0.6 is 31.9 Å². The Morgan fingerprint density at radius 2 is 1.85 bits per heavy atom. The Hall–Kier alpha value is -1.28. The van der Waals surface area contributed by atoms with Crippen LogP contribution in [0.5, 0.6) is 0 Å². The fraction of sp³-hybridized carbons (Fsp3) is 0.0833. The van der Waals surface area contributed by atoms with Crippen molar-refractivity contribution in [2.24, 2.45) is 0 Å². The maximum atomic E-state index is 12.7. The number of halogens is 5. The van der Waals surface area contributed by atoms with Crippen molar-refractivity contribution in [2.75, 3.05) is 0 Å². The second kappa shape index (κ2) is 5.25. The molecule has 0 spiro atoms. The molecule has 0 aliphatic rings. The summed E-state index contributed by atoms with van der Waals surface area (Å²) < 4.78 is 40.2. The van der Waals surface area contributed by atoms with Gasteiger partial charge in [-0.3, -0.25) is 0 Å². The lowest BCUT2D eigenvalue weighted by molar-refractivity contribution is -0.137. The third-order valence-corrected chi connectivity index (χ3v) is 3.64. The van der Waals surface area contributed by atoms with E-state index < -0.39 is 17.7 Å². The summed E-state index contributed by atoms with van der Waals surface area (Å²) in [5, 5.41) is 9.08. The van der Waals surface area contributed by atoms with Crippen LogP contribution in [-0.2, 0) is 6.18 Å². The lowest BCUT2D eigenvalue weighted by atomic mass is 10.2. The molecular formula is C12H6Br2F3NO2. The number of hydrogen-bond donors (Lipinski definition) is 1. The van der Waals surface area contributed by atoms with E-state index in [2.05, 4.69) is 31.9 Å². The van der Waals surface area contributed by atoms with E-state index in [1.807, 2.05) is 0 Å². The van der Waals surface area contributed by atoms with E-state index >= 15 is 0 Å². The third kappa shape index (κ3) is 2.90. The average Bonchev–Trinajstić information content (AvgIpc) is 2.70. The molecule has 1 aromatic carbocycles. The monoisotopic (exact) mass is 411 g/mol. The van der Waals surface area contributed by atoms with E-state index in [-0.39, 0.29) is 11.4 Å². The highest BCUT2D eigenvalue weighted by molar-refractivity contribution is 9.10. The molecule has 0 fully saturated rings. The van der Waals surface area contributed by atoms with Gasteiger partial charge in [0.15, 0.2) is 0 Å². The van der Waals surface area contributed by atoms with Crippen molar-refractivity contribution in [1.29, 1.82) is 0 Å². The number of alkyl halides is 3. The fourth-order valence-corrected chi connectivity index (χ4v) is 2.53. The smallest absolute Gasteiger partial charge is 0.416 e. The lowest BCUT2D eigenvalue weighted by Gasteiger charge is -2.12. The SMILES string of the molecule is O=C(O)c1cc(Br)cn1-c1cc(C(F)(F)F)ccc1Br. The van der Waals surface area contributed by atoms with E-state index in [9.17, 15) is 18.0 Å². The largest absolute Gasteiger partial charge is 0.477 e. The van der Waals surface area contributed by atoms with E-state index in [4.69, 9.17) is 5.11 Å². The summed E-state index contributed by atoms with van der Waals surface area (Å²) in [6.07, 6.45) is -3.10. The number of hydrogen-bond acceptors (Lipinski definition) is 1. The average molecular weight is 413 g/mol. The maximum Gasteiger partial charge on any atom is 0.416 e. The van der Waals surface area contributed by atoms with Crippen molar-refractivity contribution in [1.82, 2.24) is 4.57 Å². The number of carboxylic acids is 1. The zero-order valence-electron chi connectivity index (χ0n) is 9.58. The summed E-state index contributed by atoms with van der Waals surface area (Å²) >= 11 is 6.24. The molecule has 0 atom stereocenters. The minimum atomic E-state index is -4.50. The molecule has 2 aromatic rings. The first-order valence-corrected chi connectivity index (χ1v) is 6.77. The first kappa shape index (κ1) is 15.1. The Bertz CT molecular complexity index is 680. The van der Waals surface area contributed by atoms with Gasteiger partial charge in [-0.25, -0.2) is 4.79 Å². The van der Waals surface area contributed by atoms with Crippen LogP contribution in [0.2, 0.25) is 0 Å². The minimum Gasteiger partial charge on any atom is -0.477 e. The van der Waals surface area contributed by atoms with Crippen LogP contribution in [0.15, 0.2) is 39.4 Å². The molecule has 1 aromatic heterocycles. The fourth-order valence-electron chi connectivity index (χ4n) is 1.67. The summed E-state index contributed by atoms with van der Waals surface area (Å²) in [5.74, 6) is -1.24. The second-order valence-corrected chi connectivity index (χ2v) is 5.65. The Labute approximate surface area is 128 Å². The number of aromatic nitrogens is 1.